The van der Waals surface area contributed by atoms with Crippen molar-refractivity contribution in [2.24, 2.45) is 5.92 Å². The summed E-state index contributed by atoms with van der Waals surface area (Å²) in [4.78, 5) is 13.2. The molecule has 0 bridgehead atoms. The van der Waals surface area contributed by atoms with Gasteiger partial charge in [-0.05, 0) is 58.4 Å². The van der Waals surface area contributed by atoms with Gasteiger partial charge in [-0.25, -0.2) is 0 Å². The third kappa shape index (κ3) is 4.17. The van der Waals surface area contributed by atoms with Crippen LogP contribution in [0.15, 0.2) is 0 Å². The lowest BCUT2D eigenvalue weighted by Crippen LogP contribution is -2.46. The number of hydrogen-bond acceptors (Lipinski definition) is 4. The predicted octanol–water partition coefficient (Wildman–Crippen LogP) is 1.23. The van der Waals surface area contributed by atoms with Crippen molar-refractivity contribution >= 4 is 5.97 Å². The van der Waals surface area contributed by atoms with Crippen LogP contribution in [0.25, 0.3) is 0 Å². The topological polar surface area (TPSA) is 81.0 Å². The van der Waals surface area contributed by atoms with Crippen LogP contribution >= 0.6 is 0 Å². The third-order valence-corrected chi connectivity index (χ3v) is 4.94. The minimum absolute atomic E-state index is 0.292. The van der Waals surface area contributed by atoms with E-state index in [0.29, 0.717) is 32.2 Å². The molecule has 2 aliphatic rings. The second-order valence-corrected chi connectivity index (χ2v) is 6.96. The van der Waals surface area contributed by atoms with Crippen LogP contribution in [0.4, 0.5) is 0 Å². The molecule has 2 fully saturated rings. The van der Waals surface area contributed by atoms with E-state index in [4.69, 9.17) is 5.11 Å². The van der Waals surface area contributed by atoms with Gasteiger partial charge < -0.3 is 20.2 Å². The van der Waals surface area contributed by atoms with Gasteiger partial charge in [0, 0.05) is 13.1 Å². The number of likely N-dealkylation sites (tertiary alicyclic amines) is 1. The van der Waals surface area contributed by atoms with E-state index in [9.17, 15) is 15.0 Å². The number of carboxylic acids is 1. The fourth-order valence-corrected chi connectivity index (χ4v) is 3.45. The molecule has 1 unspecified atom stereocenters. The van der Waals surface area contributed by atoms with Crippen molar-refractivity contribution < 1.29 is 20.1 Å². The highest BCUT2D eigenvalue weighted by Crippen LogP contribution is 2.33. The average molecular weight is 285 g/mol. The van der Waals surface area contributed by atoms with Crippen molar-refractivity contribution in [1.29, 1.82) is 0 Å². The molecule has 1 aliphatic heterocycles. The highest BCUT2D eigenvalue weighted by molar-refractivity contribution is 5.70. The molecule has 0 radical (unpaired) electrons. The van der Waals surface area contributed by atoms with Gasteiger partial charge in [-0.1, -0.05) is 0 Å². The molecule has 1 atom stereocenters. The van der Waals surface area contributed by atoms with Crippen LogP contribution in [-0.4, -0.2) is 57.0 Å². The fraction of sp³-hybridized carbons (Fsp3) is 0.933. The smallest absolute Gasteiger partial charge is 0.306 e. The molecule has 0 aromatic carbocycles. The number of nitrogens with zero attached hydrogens (tertiary/aromatic N) is 1. The highest BCUT2D eigenvalue weighted by atomic mass is 16.4. The Morgan fingerprint density at radius 3 is 2.40 bits per heavy atom. The molecule has 5 heteroatoms. The van der Waals surface area contributed by atoms with E-state index < -0.39 is 17.2 Å². The molecule has 1 saturated heterocycles. The van der Waals surface area contributed by atoms with Crippen LogP contribution in [-0.2, 0) is 4.79 Å². The minimum atomic E-state index is -0.748. The zero-order valence-electron chi connectivity index (χ0n) is 12.3. The maximum Gasteiger partial charge on any atom is 0.306 e. The summed E-state index contributed by atoms with van der Waals surface area (Å²) in [6.45, 7) is 4.19. The lowest BCUT2D eigenvalue weighted by Gasteiger charge is -2.38. The summed E-state index contributed by atoms with van der Waals surface area (Å²) >= 11 is 0. The van der Waals surface area contributed by atoms with Crippen molar-refractivity contribution in [3.05, 3.63) is 0 Å². The second kappa shape index (κ2) is 6.00. The van der Waals surface area contributed by atoms with Gasteiger partial charge in [-0.15, -0.1) is 0 Å². The Balaban J connectivity index is 1.85. The van der Waals surface area contributed by atoms with Crippen LogP contribution in [0.1, 0.15) is 51.9 Å². The Morgan fingerprint density at radius 2 is 1.80 bits per heavy atom. The van der Waals surface area contributed by atoms with E-state index in [-0.39, 0.29) is 5.92 Å². The van der Waals surface area contributed by atoms with Crippen molar-refractivity contribution in [2.75, 3.05) is 19.6 Å². The van der Waals surface area contributed by atoms with Gasteiger partial charge in [0.25, 0.3) is 0 Å². The number of rotatable bonds is 3. The van der Waals surface area contributed by atoms with E-state index in [1.54, 1.807) is 0 Å². The van der Waals surface area contributed by atoms with Crippen molar-refractivity contribution in [2.45, 2.75) is 63.1 Å². The van der Waals surface area contributed by atoms with Gasteiger partial charge in [0.05, 0.1) is 17.1 Å². The first-order valence-electron chi connectivity index (χ1n) is 7.70. The average Bonchev–Trinajstić information content (AvgIpc) is 2.51. The Bertz CT molecular complexity index is 348. The quantitative estimate of drug-likeness (QED) is 0.726. The minimum Gasteiger partial charge on any atom is -0.481 e. The largest absolute Gasteiger partial charge is 0.481 e. The maximum atomic E-state index is 11.0. The number of β-amino-alcohol motifs (C(OH)–C–C–N with tert-alkyl or cyclic N) is 1. The number of carboxylic acid groups (broad SMARTS) is 1. The Morgan fingerprint density at radius 1 is 1.15 bits per heavy atom. The summed E-state index contributed by atoms with van der Waals surface area (Å²) in [7, 11) is 0. The van der Waals surface area contributed by atoms with Crippen LogP contribution in [0.2, 0.25) is 0 Å². The molecule has 2 rings (SSSR count). The van der Waals surface area contributed by atoms with Crippen molar-refractivity contribution in [3.8, 4) is 0 Å². The zero-order valence-corrected chi connectivity index (χ0v) is 12.3. The molecule has 116 valence electrons. The molecule has 20 heavy (non-hydrogen) atoms. The molecule has 0 aromatic heterocycles. The standard InChI is InChI=1S/C15H27NO4/c1-14(19)5-2-9-16(10-8-14)11-15(20)6-3-12(4-7-15)13(17)18/h12,19-20H,2-11H2,1H3,(H,17,18). The predicted molar refractivity (Wildman–Crippen MR) is 75.5 cm³/mol. The first-order chi connectivity index (χ1) is 9.30. The lowest BCUT2D eigenvalue weighted by atomic mass is 9.78. The second-order valence-electron chi connectivity index (χ2n) is 6.96. The van der Waals surface area contributed by atoms with Crippen molar-refractivity contribution in [3.63, 3.8) is 0 Å². The van der Waals surface area contributed by atoms with Gasteiger partial charge in [-0.3, -0.25) is 4.79 Å². The van der Waals surface area contributed by atoms with E-state index >= 15 is 0 Å². The third-order valence-electron chi connectivity index (χ3n) is 4.94. The van der Waals surface area contributed by atoms with Gasteiger partial charge in [0.15, 0.2) is 0 Å². The Kier molecular flexibility index (Phi) is 4.72. The van der Waals surface area contributed by atoms with Crippen LogP contribution in [0, 0.1) is 5.92 Å². The van der Waals surface area contributed by atoms with Crippen molar-refractivity contribution in [1.82, 2.24) is 4.90 Å². The van der Waals surface area contributed by atoms with Gasteiger partial charge in [0.1, 0.15) is 0 Å². The summed E-state index contributed by atoms with van der Waals surface area (Å²) in [5, 5.41) is 29.7. The summed E-state index contributed by atoms with van der Waals surface area (Å²) in [6.07, 6.45) is 4.76. The van der Waals surface area contributed by atoms with Crippen LogP contribution < -0.4 is 0 Å². The molecule has 0 spiro atoms. The first kappa shape index (κ1) is 15.7. The molecule has 0 aromatic rings. The van der Waals surface area contributed by atoms with Gasteiger partial charge >= 0.3 is 5.97 Å². The lowest BCUT2D eigenvalue weighted by molar-refractivity contribution is -0.145. The molecule has 1 heterocycles. The number of carbonyl (C=O) groups is 1. The Labute approximate surface area is 120 Å². The molecular formula is C15H27NO4. The molecule has 0 amide bonds. The van der Waals surface area contributed by atoms with Crippen LogP contribution in [0.3, 0.4) is 0 Å². The molecular weight excluding hydrogens is 258 g/mol. The highest BCUT2D eigenvalue weighted by Gasteiger charge is 2.37. The van der Waals surface area contributed by atoms with Crippen LogP contribution in [0.5, 0.6) is 0 Å². The summed E-state index contributed by atoms with van der Waals surface area (Å²) < 4.78 is 0. The maximum absolute atomic E-state index is 11.0. The molecule has 1 saturated carbocycles. The van der Waals surface area contributed by atoms with E-state index in [1.165, 1.54) is 0 Å². The normalized spacial score (nSPS) is 40.2. The van der Waals surface area contributed by atoms with E-state index in [2.05, 4.69) is 4.90 Å². The summed E-state index contributed by atoms with van der Waals surface area (Å²) in [5.41, 5.74) is -1.33. The SMILES string of the molecule is CC1(O)CCCN(CC2(O)CCC(C(=O)O)CC2)CC1. The summed E-state index contributed by atoms with van der Waals surface area (Å²) in [5.74, 6) is -1.03. The summed E-state index contributed by atoms with van der Waals surface area (Å²) in [6, 6.07) is 0. The van der Waals surface area contributed by atoms with E-state index in [1.807, 2.05) is 6.92 Å². The van der Waals surface area contributed by atoms with Gasteiger partial charge in [0.2, 0.25) is 0 Å². The monoisotopic (exact) mass is 285 g/mol. The Hall–Kier alpha value is -0.650. The number of aliphatic carboxylic acids is 1. The molecule has 1 aliphatic carbocycles. The molecule has 3 N–H and O–H groups in total. The van der Waals surface area contributed by atoms with Gasteiger partial charge in [-0.2, -0.15) is 0 Å². The zero-order chi connectivity index (χ0) is 14.8. The number of aliphatic hydroxyl groups is 2. The fourth-order valence-electron chi connectivity index (χ4n) is 3.45. The molecule has 5 nitrogen and oxygen atoms in total. The van der Waals surface area contributed by atoms with E-state index in [0.717, 1.165) is 32.4 Å². The first-order valence-corrected chi connectivity index (χ1v) is 7.70. The number of hydrogen-bond donors (Lipinski definition) is 3.